The maximum Gasteiger partial charge on any atom is 0.191 e. The van der Waals surface area contributed by atoms with Gasteiger partial charge in [-0.2, -0.15) is 0 Å². The Morgan fingerprint density at radius 2 is 1.79 bits per heavy atom. The molecule has 1 atom stereocenters. The zero-order chi connectivity index (χ0) is 20.2. The first-order valence-corrected chi connectivity index (χ1v) is 11.3. The minimum Gasteiger partial charge on any atom is -0.379 e. The topological polar surface area (TPSA) is 61.4 Å². The first-order chi connectivity index (χ1) is 13.6. The van der Waals surface area contributed by atoms with Crippen LogP contribution in [-0.2, 0) is 9.47 Å². The first kappa shape index (κ1) is 26.9. The van der Waals surface area contributed by atoms with Crippen molar-refractivity contribution in [1.29, 1.82) is 0 Å². The van der Waals surface area contributed by atoms with E-state index in [1.807, 2.05) is 0 Å². The molecule has 2 N–H and O–H groups in total. The molecule has 0 radical (unpaired) electrons. The number of nitrogens with zero attached hydrogens (tertiary/aromatic N) is 3. The summed E-state index contributed by atoms with van der Waals surface area (Å²) in [5, 5.41) is 7.08. The van der Waals surface area contributed by atoms with Crippen LogP contribution in [0.2, 0.25) is 0 Å². The molecule has 0 spiro atoms. The summed E-state index contributed by atoms with van der Waals surface area (Å²) in [5.74, 6) is 1.52. The van der Waals surface area contributed by atoms with Gasteiger partial charge in [0, 0.05) is 58.4 Å². The van der Waals surface area contributed by atoms with Crippen LogP contribution in [0, 0.1) is 5.92 Å². The number of nitrogens with one attached hydrogen (secondary N) is 2. The second kappa shape index (κ2) is 15.6. The van der Waals surface area contributed by atoms with Gasteiger partial charge in [-0.05, 0) is 39.5 Å². The summed E-state index contributed by atoms with van der Waals surface area (Å²) in [4.78, 5) is 9.86. The summed E-state index contributed by atoms with van der Waals surface area (Å²) >= 11 is 0. The average molecular weight is 526 g/mol. The quantitative estimate of drug-likeness (QED) is 0.259. The highest BCUT2D eigenvalue weighted by molar-refractivity contribution is 14.0. The Balaban J connectivity index is 0.00000420. The monoisotopic (exact) mass is 525 g/mol. The summed E-state index contributed by atoms with van der Waals surface area (Å²) in [6.45, 7) is 19.4. The summed E-state index contributed by atoms with van der Waals surface area (Å²) < 4.78 is 11.1. The summed E-state index contributed by atoms with van der Waals surface area (Å²) in [5.41, 5.74) is 0. The molecule has 0 aromatic rings. The van der Waals surface area contributed by atoms with Gasteiger partial charge in [0.05, 0.1) is 25.9 Å². The lowest BCUT2D eigenvalue weighted by molar-refractivity contribution is 0.0323. The standard InChI is InChI=1S/C21H43N5O2.HI/c1-5-22-21(23-16-19(4)17-26-10-13-27-14-11-26)24-20-6-8-25(9-7-20)12-15-28-18(2)3;/h18-20H,5-17H2,1-4H3,(H2,22,23,24);1H. The fourth-order valence-corrected chi connectivity index (χ4v) is 3.76. The zero-order valence-electron chi connectivity index (χ0n) is 19.0. The van der Waals surface area contributed by atoms with Crippen LogP contribution in [0.25, 0.3) is 0 Å². The van der Waals surface area contributed by atoms with Gasteiger partial charge in [-0.25, -0.2) is 0 Å². The van der Waals surface area contributed by atoms with E-state index in [0.29, 0.717) is 18.1 Å². The van der Waals surface area contributed by atoms with Gasteiger partial charge in [-0.15, -0.1) is 24.0 Å². The zero-order valence-corrected chi connectivity index (χ0v) is 21.3. The number of hydrogen-bond donors (Lipinski definition) is 2. The molecule has 2 fully saturated rings. The maximum absolute atomic E-state index is 5.68. The minimum atomic E-state index is 0. The average Bonchev–Trinajstić information content (AvgIpc) is 2.68. The number of hydrogen-bond acceptors (Lipinski definition) is 5. The molecule has 2 saturated heterocycles. The number of rotatable bonds is 10. The molecule has 2 rings (SSSR count). The maximum atomic E-state index is 5.68. The lowest BCUT2D eigenvalue weighted by Crippen LogP contribution is -2.49. The fraction of sp³-hybridized carbons (Fsp3) is 0.952. The van der Waals surface area contributed by atoms with Gasteiger partial charge in [0.15, 0.2) is 5.96 Å². The third-order valence-electron chi connectivity index (χ3n) is 5.37. The van der Waals surface area contributed by atoms with Crippen LogP contribution in [0.1, 0.15) is 40.5 Å². The van der Waals surface area contributed by atoms with Crippen LogP contribution >= 0.6 is 24.0 Å². The van der Waals surface area contributed by atoms with Gasteiger partial charge >= 0.3 is 0 Å². The normalized spacial score (nSPS) is 21.1. The predicted octanol–water partition coefficient (Wildman–Crippen LogP) is 2.02. The molecule has 7 nitrogen and oxygen atoms in total. The van der Waals surface area contributed by atoms with E-state index in [0.717, 1.165) is 91.0 Å². The van der Waals surface area contributed by atoms with Crippen LogP contribution in [0.4, 0.5) is 0 Å². The highest BCUT2D eigenvalue weighted by Crippen LogP contribution is 2.10. The molecule has 0 aromatic carbocycles. The van der Waals surface area contributed by atoms with Crippen molar-refractivity contribution in [2.45, 2.75) is 52.7 Å². The second-order valence-corrected chi connectivity index (χ2v) is 8.42. The van der Waals surface area contributed by atoms with Gasteiger partial charge in [-0.1, -0.05) is 6.92 Å². The number of piperidine rings is 1. The summed E-state index contributed by atoms with van der Waals surface area (Å²) in [6.07, 6.45) is 2.65. The number of guanidine groups is 1. The van der Waals surface area contributed by atoms with Crippen molar-refractivity contribution in [3.63, 3.8) is 0 Å². The van der Waals surface area contributed by atoms with Crippen molar-refractivity contribution in [2.75, 3.05) is 72.2 Å². The number of likely N-dealkylation sites (tertiary alicyclic amines) is 1. The van der Waals surface area contributed by atoms with Gasteiger partial charge in [-0.3, -0.25) is 9.89 Å². The van der Waals surface area contributed by atoms with Crippen LogP contribution in [-0.4, -0.2) is 100 Å². The van der Waals surface area contributed by atoms with Gasteiger partial charge < -0.3 is 25.0 Å². The van der Waals surface area contributed by atoms with E-state index in [4.69, 9.17) is 14.5 Å². The molecule has 0 saturated carbocycles. The smallest absolute Gasteiger partial charge is 0.191 e. The van der Waals surface area contributed by atoms with Crippen LogP contribution in [0.5, 0.6) is 0 Å². The molecule has 0 amide bonds. The van der Waals surface area contributed by atoms with E-state index in [1.54, 1.807) is 0 Å². The molecule has 0 aliphatic carbocycles. The lowest BCUT2D eigenvalue weighted by atomic mass is 10.1. The molecule has 2 aliphatic heterocycles. The van der Waals surface area contributed by atoms with Crippen molar-refractivity contribution in [3.05, 3.63) is 0 Å². The highest BCUT2D eigenvalue weighted by Gasteiger charge is 2.20. The number of ether oxygens (including phenoxy) is 2. The first-order valence-electron chi connectivity index (χ1n) is 11.3. The molecular weight excluding hydrogens is 481 g/mol. The van der Waals surface area contributed by atoms with Gasteiger partial charge in [0.2, 0.25) is 0 Å². The van der Waals surface area contributed by atoms with Crippen molar-refractivity contribution in [3.8, 4) is 0 Å². The van der Waals surface area contributed by atoms with Gasteiger partial charge in [0.25, 0.3) is 0 Å². The molecule has 1 unspecified atom stereocenters. The Kier molecular flexibility index (Phi) is 14.5. The molecule has 8 heteroatoms. The van der Waals surface area contributed by atoms with E-state index < -0.39 is 0 Å². The Morgan fingerprint density at radius 1 is 1.10 bits per heavy atom. The minimum absolute atomic E-state index is 0. The van der Waals surface area contributed by atoms with E-state index in [-0.39, 0.29) is 24.0 Å². The van der Waals surface area contributed by atoms with Crippen LogP contribution < -0.4 is 10.6 Å². The molecule has 2 heterocycles. The number of halogens is 1. The summed E-state index contributed by atoms with van der Waals surface area (Å²) in [7, 11) is 0. The van der Waals surface area contributed by atoms with Gasteiger partial charge in [0.1, 0.15) is 0 Å². The van der Waals surface area contributed by atoms with E-state index in [2.05, 4.69) is 48.1 Å². The Hall–Kier alpha value is -0.160. The Labute approximate surface area is 195 Å². The van der Waals surface area contributed by atoms with Crippen molar-refractivity contribution in [2.24, 2.45) is 10.9 Å². The Bertz CT molecular complexity index is 439. The number of morpholine rings is 1. The lowest BCUT2D eigenvalue weighted by Gasteiger charge is -2.33. The molecule has 29 heavy (non-hydrogen) atoms. The van der Waals surface area contributed by atoms with Crippen molar-refractivity contribution >= 4 is 29.9 Å². The molecule has 2 aliphatic rings. The molecular formula is C21H44IN5O2. The molecule has 0 aromatic heterocycles. The Morgan fingerprint density at radius 3 is 2.41 bits per heavy atom. The third-order valence-corrected chi connectivity index (χ3v) is 5.37. The van der Waals surface area contributed by atoms with E-state index >= 15 is 0 Å². The fourth-order valence-electron chi connectivity index (χ4n) is 3.76. The van der Waals surface area contributed by atoms with Crippen molar-refractivity contribution in [1.82, 2.24) is 20.4 Å². The second-order valence-electron chi connectivity index (χ2n) is 8.42. The molecule has 172 valence electrons. The highest BCUT2D eigenvalue weighted by atomic mass is 127. The SMILES string of the molecule is CCNC(=NCC(C)CN1CCOCC1)NC1CCN(CCOC(C)C)CC1.I. The van der Waals surface area contributed by atoms with E-state index in [9.17, 15) is 0 Å². The predicted molar refractivity (Wildman–Crippen MR) is 132 cm³/mol. The van der Waals surface area contributed by atoms with E-state index in [1.165, 1.54) is 0 Å². The molecule has 0 bridgehead atoms. The van der Waals surface area contributed by atoms with Crippen LogP contribution in [0.15, 0.2) is 4.99 Å². The van der Waals surface area contributed by atoms with Crippen molar-refractivity contribution < 1.29 is 9.47 Å². The summed E-state index contributed by atoms with van der Waals surface area (Å²) in [6, 6.07) is 0.509. The third kappa shape index (κ3) is 11.7. The number of aliphatic imine (C=N–C) groups is 1. The largest absolute Gasteiger partial charge is 0.379 e. The van der Waals surface area contributed by atoms with Crippen LogP contribution in [0.3, 0.4) is 0 Å².